The van der Waals surface area contributed by atoms with Crippen molar-refractivity contribution in [3.8, 4) is 0 Å². The minimum absolute atomic E-state index is 0.154. The zero-order valence-electron chi connectivity index (χ0n) is 6.42. The van der Waals surface area contributed by atoms with Crippen molar-refractivity contribution in [2.24, 2.45) is 0 Å². The van der Waals surface area contributed by atoms with Gasteiger partial charge in [-0.2, -0.15) is 0 Å². The summed E-state index contributed by atoms with van der Waals surface area (Å²) in [6, 6.07) is 0. The number of ketones is 2. The summed E-state index contributed by atoms with van der Waals surface area (Å²) in [7, 11) is 0. The van der Waals surface area contributed by atoms with E-state index in [2.05, 4.69) is 29.9 Å². The second-order valence-corrected chi connectivity index (χ2v) is 2.58. The lowest BCUT2D eigenvalue weighted by Crippen LogP contribution is -2.20. The van der Waals surface area contributed by atoms with Gasteiger partial charge in [0.1, 0.15) is 0 Å². The van der Waals surface area contributed by atoms with E-state index in [1.54, 1.807) is 0 Å². The highest BCUT2D eigenvalue weighted by Gasteiger charge is 2.39. The molecule has 0 aliphatic heterocycles. The molecule has 2 aromatic heterocycles. The van der Waals surface area contributed by atoms with E-state index in [4.69, 9.17) is 0 Å². The van der Waals surface area contributed by atoms with Gasteiger partial charge in [-0.15, -0.1) is 0 Å². The Labute approximate surface area is 74.8 Å². The third kappa shape index (κ3) is 0.632. The van der Waals surface area contributed by atoms with Crippen LogP contribution in [0.4, 0.5) is 0 Å². The minimum atomic E-state index is -0.572. The van der Waals surface area contributed by atoms with E-state index >= 15 is 0 Å². The zero-order chi connectivity index (χ0) is 9.71. The standard InChI is InChI=1S/C6N4O4/c11-5-1-2(8-13-7-1)6(12)4-3(5)9-14-10-4. The number of aromatic nitrogens is 4. The van der Waals surface area contributed by atoms with Crippen molar-refractivity contribution >= 4 is 11.6 Å². The van der Waals surface area contributed by atoms with E-state index in [1.807, 2.05) is 0 Å². The molecule has 0 amide bonds. The molecule has 0 bridgehead atoms. The first-order valence-electron chi connectivity index (χ1n) is 3.53. The highest BCUT2D eigenvalue weighted by atomic mass is 16.6. The van der Waals surface area contributed by atoms with Gasteiger partial charge >= 0.3 is 0 Å². The largest absolute Gasteiger partial charge is 0.285 e. The maximum atomic E-state index is 11.5. The van der Waals surface area contributed by atoms with Crippen LogP contribution in [0, 0.1) is 0 Å². The molecule has 8 nitrogen and oxygen atoms in total. The normalized spacial score (nSPS) is 14.0. The van der Waals surface area contributed by atoms with Crippen LogP contribution in [0.3, 0.4) is 0 Å². The van der Waals surface area contributed by atoms with Gasteiger partial charge in [0.25, 0.3) is 0 Å². The molecule has 0 fully saturated rings. The van der Waals surface area contributed by atoms with E-state index in [1.165, 1.54) is 0 Å². The van der Waals surface area contributed by atoms with Gasteiger partial charge < -0.3 is 0 Å². The van der Waals surface area contributed by atoms with Gasteiger partial charge in [-0.05, 0) is 20.6 Å². The van der Waals surface area contributed by atoms with E-state index in [-0.39, 0.29) is 22.8 Å². The third-order valence-electron chi connectivity index (χ3n) is 1.84. The van der Waals surface area contributed by atoms with Crippen LogP contribution in [0.1, 0.15) is 32.4 Å². The Morgan fingerprint density at radius 1 is 0.643 bits per heavy atom. The van der Waals surface area contributed by atoms with Gasteiger partial charge in [0.05, 0.1) is 0 Å². The van der Waals surface area contributed by atoms with Crippen LogP contribution in [0.2, 0.25) is 0 Å². The van der Waals surface area contributed by atoms with Crippen LogP contribution in [-0.2, 0) is 0 Å². The topological polar surface area (TPSA) is 112 Å². The summed E-state index contributed by atoms with van der Waals surface area (Å²) < 4.78 is 8.56. The van der Waals surface area contributed by atoms with Crippen LogP contribution in [0.15, 0.2) is 9.26 Å². The van der Waals surface area contributed by atoms with Crippen LogP contribution >= 0.6 is 0 Å². The Bertz CT molecular complexity index is 462. The Balaban J connectivity index is 2.37. The van der Waals surface area contributed by atoms with Crippen LogP contribution in [0.25, 0.3) is 0 Å². The molecule has 1 aliphatic carbocycles. The van der Waals surface area contributed by atoms with E-state index in [0.29, 0.717) is 0 Å². The van der Waals surface area contributed by atoms with Crippen LogP contribution < -0.4 is 0 Å². The smallest absolute Gasteiger partial charge is 0.241 e. The fraction of sp³-hybridized carbons (Fsp3) is 0. The average Bonchev–Trinajstić information content (AvgIpc) is 2.82. The third-order valence-corrected chi connectivity index (χ3v) is 1.84. The molecule has 0 radical (unpaired) electrons. The zero-order valence-corrected chi connectivity index (χ0v) is 6.42. The average molecular weight is 192 g/mol. The Kier molecular flexibility index (Phi) is 1.06. The van der Waals surface area contributed by atoms with Crippen molar-refractivity contribution in [2.75, 3.05) is 0 Å². The molecular formula is C6N4O4. The summed E-state index contributed by atoms with van der Waals surface area (Å²) in [6.07, 6.45) is 0. The minimum Gasteiger partial charge on any atom is -0.285 e. The number of fused-ring (bicyclic) bond motifs is 2. The number of carbonyl (C=O) groups excluding carboxylic acids is 2. The molecule has 0 N–H and O–H groups in total. The summed E-state index contributed by atoms with van der Waals surface area (Å²) >= 11 is 0. The summed E-state index contributed by atoms with van der Waals surface area (Å²) in [5.41, 5.74) is -0.618. The van der Waals surface area contributed by atoms with E-state index < -0.39 is 11.6 Å². The van der Waals surface area contributed by atoms with Crippen LogP contribution in [-0.4, -0.2) is 32.2 Å². The summed E-state index contributed by atoms with van der Waals surface area (Å²) in [4.78, 5) is 23.0. The SMILES string of the molecule is O=C1c2nonc2C(=O)c2nonc21. The molecule has 8 heteroatoms. The Morgan fingerprint density at radius 3 is 1.21 bits per heavy atom. The number of rotatable bonds is 0. The molecule has 1 aliphatic rings. The molecular weight excluding hydrogens is 192 g/mol. The van der Waals surface area contributed by atoms with Gasteiger partial charge in [-0.25, -0.2) is 9.26 Å². The number of hydrogen-bond donors (Lipinski definition) is 0. The first-order chi connectivity index (χ1) is 6.79. The lowest BCUT2D eigenvalue weighted by atomic mass is 10.00. The predicted molar refractivity (Wildman–Crippen MR) is 35.5 cm³/mol. The molecule has 2 aromatic rings. The number of hydrogen-bond acceptors (Lipinski definition) is 8. The Morgan fingerprint density at radius 2 is 0.929 bits per heavy atom. The van der Waals surface area contributed by atoms with Crippen molar-refractivity contribution in [1.29, 1.82) is 0 Å². The van der Waals surface area contributed by atoms with Gasteiger partial charge in [-0.3, -0.25) is 9.59 Å². The fourth-order valence-corrected chi connectivity index (χ4v) is 1.20. The molecule has 2 heterocycles. The van der Waals surface area contributed by atoms with E-state index in [9.17, 15) is 9.59 Å². The highest BCUT2D eigenvalue weighted by Crippen LogP contribution is 2.21. The monoisotopic (exact) mass is 192 g/mol. The first kappa shape index (κ1) is 7.06. The maximum Gasteiger partial charge on any atom is 0.241 e. The molecule has 0 unspecified atom stereocenters. The molecule has 0 aromatic carbocycles. The number of carbonyl (C=O) groups is 2. The quantitative estimate of drug-likeness (QED) is 0.456. The number of nitrogens with zero attached hydrogens (tertiary/aromatic N) is 4. The second-order valence-electron chi connectivity index (χ2n) is 2.58. The van der Waals surface area contributed by atoms with Crippen molar-refractivity contribution in [3.63, 3.8) is 0 Å². The summed E-state index contributed by atoms with van der Waals surface area (Å²) in [5.74, 6) is -1.14. The molecule has 14 heavy (non-hydrogen) atoms. The van der Waals surface area contributed by atoms with Crippen molar-refractivity contribution < 1.29 is 18.8 Å². The van der Waals surface area contributed by atoms with Crippen molar-refractivity contribution in [2.45, 2.75) is 0 Å². The van der Waals surface area contributed by atoms with Gasteiger partial charge in [-0.1, -0.05) is 0 Å². The fourth-order valence-electron chi connectivity index (χ4n) is 1.20. The van der Waals surface area contributed by atoms with Crippen molar-refractivity contribution in [3.05, 3.63) is 22.8 Å². The van der Waals surface area contributed by atoms with Gasteiger partial charge in [0.2, 0.25) is 11.6 Å². The Hall–Kier alpha value is -2.38. The van der Waals surface area contributed by atoms with Gasteiger partial charge in [0.15, 0.2) is 22.8 Å². The lowest BCUT2D eigenvalue weighted by Gasteiger charge is -2.00. The first-order valence-corrected chi connectivity index (χ1v) is 3.53. The lowest BCUT2D eigenvalue weighted by molar-refractivity contribution is 0.0969. The second kappa shape index (κ2) is 2.10. The molecule has 3 rings (SSSR count). The molecule has 0 atom stereocenters. The molecule has 0 saturated heterocycles. The summed E-state index contributed by atoms with van der Waals surface area (Å²) in [5, 5.41) is 13.2. The molecule has 0 spiro atoms. The van der Waals surface area contributed by atoms with Crippen LogP contribution in [0.5, 0.6) is 0 Å². The van der Waals surface area contributed by atoms with E-state index in [0.717, 1.165) is 0 Å². The summed E-state index contributed by atoms with van der Waals surface area (Å²) in [6.45, 7) is 0. The maximum absolute atomic E-state index is 11.5. The molecule has 68 valence electrons. The predicted octanol–water partition coefficient (Wildman–Crippen LogP) is -0.772. The van der Waals surface area contributed by atoms with Gasteiger partial charge in [0, 0.05) is 0 Å². The highest BCUT2D eigenvalue weighted by molar-refractivity contribution is 6.25. The van der Waals surface area contributed by atoms with Crippen molar-refractivity contribution in [1.82, 2.24) is 20.6 Å². The molecule has 0 saturated carbocycles.